The average molecular weight is 395 g/mol. The van der Waals surface area contributed by atoms with Crippen LogP contribution in [0.1, 0.15) is 37.7 Å². The van der Waals surface area contributed by atoms with Crippen LogP contribution in [0.3, 0.4) is 0 Å². The van der Waals surface area contributed by atoms with Crippen molar-refractivity contribution in [2.24, 2.45) is 0 Å². The first kappa shape index (κ1) is 18.4. The maximum atomic E-state index is 13.1. The second-order valence-electron chi connectivity index (χ2n) is 6.71. The summed E-state index contributed by atoms with van der Waals surface area (Å²) in [5.74, 6) is 0.551. The van der Waals surface area contributed by atoms with Crippen LogP contribution in [0.5, 0.6) is 0 Å². The summed E-state index contributed by atoms with van der Waals surface area (Å²) in [5.41, 5.74) is 1.26. The van der Waals surface area contributed by atoms with Crippen molar-refractivity contribution in [2.75, 3.05) is 0 Å². The van der Waals surface area contributed by atoms with Crippen molar-refractivity contribution in [1.82, 2.24) is 24.5 Å². The van der Waals surface area contributed by atoms with E-state index in [0.717, 1.165) is 34.4 Å². The number of fused-ring (bicyclic) bond motifs is 3. The third-order valence-corrected chi connectivity index (χ3v) is 5.67. The van der Waals surface area contributed by atoms with E-state index >= 15 is 0 Å². The standard InChI is InChI=1S/C20H21N5O2S/c1-3-4-17-23-25(13(2)18(26)22-12-14-5-8-21-9-6-14)19(27)16-11-15-7-10-28-20(15)24(16)17/h5-11,13H,3-4,12H2,1-2H3,(H,22,26)/t13-/m1/s1. The van der Waals surface area contributed by atoms with E-state index < -0.39 is 6.04 Å². The van der Waals surface area contributed by atoms with Gasteiger partial charge in [0.1, 0.15) is 22.2 Å². The van der Waals surface area contributed by atoms with Gasteiger partial charge >= 0.3 is 0 Å². The molecule has 0 unspecified atom stereocenters. The number of hydrogen-bond acceptors (Lipinski definition) is 5. The Morgan fingerprint density at radius 2 is 2.07 bits per heavy atom. The molecule has 144 valence electrons. The fraction of sp³-hybridized carbons (Fsp3) is 0.300. The van der Waals surface area contributed by atoms with Crippen LogP contribution in [0, 0.1) is 0 Å². The largest absolute Gasteiger partial charge is 0.350 e. The van der Waals surface area contributed by atoms with Crippen molar-refractivity contribution < 1.29 is 4.79 Å². The minimum Gasteiger partial charge on any atom is -0.350 e. The number of thiophene rings is 1. The van der Waals surface area contributed by atoms with Gasteiger partial charge in [-0.1, -0.05) is 6.92 Å². The first-order valence-electron chi connectivity index (χ1n) is 9.27. The van der Waals surface area contributed by atoms with Gasteiger partial charge in [0.15, 0.2) is 0 Å². The minimum atomic E-state index is -0.706. The van der Waals surface area contributed by atoms with E-state index in [2.05, 4.69) is 22.3 Å². The van der Waals surface area contributed by atoms with Gasteiger partial charge in [-0.25, -0.2) is 4.68 Å². The first-order valence-corrected chi connectivity index (χ1v) is 10.1. The van der Waals surface area contributed by atoms with Gasteiger partial charge < -0.3 is 5.32 Å². The van der Waals surface area contributed by atoms with Gasteiger partial charge in [-0.15, -0.1) is 11.3 Å². The van der Waals surface area contributed by atoms with Crippen molar-refractivity contribution in [1.29, 1.82) is 0 Å². The maximum Gasteiger partial charge on any atom is 0.291 e. The molecule has 0 aromatic carbocycles. The van der Waals surface area contributed by atoms with Crippen molar-refractivity contribution in [3.63, 3.8) is 0 Å². The molecule has 0 saturated heterocycles. The third-order valence-electron chi connectivity index (χ3n) is 4.75. The number of carbonyl (C=O) groups excluding carboxylic acids is 1. The Balaban J connectivity index is 1.70. The molecule has 4 aromatic rings. The van der Waals surface area contributed by atoms with E-state index in [1.165, 1.54) is 4.68 Å². The molecular weight excluding hydrogens is 374 g/mol. The molecular formula is C20H21N5O2S. The van der Waals surface area contributed by atoms with Crippen LogP contribution in [0.2, 0.25) is 0 Å². The summed E-state index contributed by atoms with van der Waals surface area (Å²) in [5, 5.41) is 10.5. The Labute approximate surface area is 165 Å². The molecule has 4 heterocycles. The fourth-order valence-electron chi connectivity index (χ4n) is 3.27. The van der Waals surface area contributed by atoms with Gasteiger partial charge in [0.05, 0.1) is 0 Å². The third kappa shape index (κ3) is 3.20. The van der Waals surface area contributed by atoms with Crippen LogP contribution in [-0.4, -0.2) is 25.1 Å². The van der Waals surface area contributed by atoms with Crippen molar-refractivity contribution in [2.45, 2.75) is 39.3 Å². The number of pyridine rings is 1. The molecule has 0 radical (unpaired) electrons. The average Bonchev–Trinajstić information content (AvgIpc) is 3.30. The Bertz CT molecular complexity index is 1190. The molecule has 0 aliphatic rings. The molecule has 0 saturated carbocycles. The zero-order valence-electron chi connectivity index (χ0n) is 15.8. The maximum absolute atomic E-state index is 13.1. The Morgan fingerprint density at radius 3 is 2.82 bits per heavy atom. The fourth-order valence-corrected chi connectivity index (χ4v) is 4.18. The highest BCUT2D eigenvalue weighted by molar-refractivity contribution is 7.16. The van der Waals surface area contributed by atoms with Crippen LogP contribution in [0.4, 0.5) is 0 Å². The van der Waals surface area contributed by atoms with Gasteiger partial charge in [-0.2, -0.15) is 5.10 Å². The summed E-state index contributed by atoms with van der Waals surface area (Å²) in [7, 11) is 0. The summed E-state index contributed by atoms with van der Waals surface area (Å²) in [4.78, 5) is 30.7. The van der Waals surface area contributed by atoms with Crippen LogP contribution < -0.4 is 10.9 Å². The number of hydrogen-bond donors (Lipinski definition) is 1. The summed E-state index contributed by atoms with van der Waals surface area (Å²) in [6.45, 7) is 4.15. The van der Waals surface area contributed by atoms with Gasteiger partial charge in [0.25, 0.3) is 5.56 Å². The van der Waals surface area contributed by atoms with E-state index in [-0.39, 0.29) is 11.5 Å². The predicted octanol–water partition coefficient (Wildman–Crippen LogP) is 2.94. The summed E-state index contributed by atoms with van der Waals surface area (Å²) < 4.78 is 3.25. The molecule has 28 heavy (non-hydrogen) atoms. The van der Waals surface area contributed by atoms with Crippen LogP contribution in [0.25, 0.3) is 15.7 Å². The number of carbonyl (C=O) groups is 1. The monoisotopic (exact) mass is 395 g/mol. The Kier molecular flexibility index (Phi) is 4.95. The SMILES string of the molecule is CCCc1nn([C@H](C)C(=O)NCc2ccncc2)c(=O)c2cc3ccsc3n12. The molecule has 1 amide bonds. The van der Waals surface area contributed by atoms with Gasteiger partial charge in [0.2, 0.25) is 5.91 Å². The highest BCUT2D eigenvalue weighted by Gasteiger charge is 2.21. The lowest BCUT2D eigenvalue weighted by Gasteiger charge is -2.16. The number of aromatic nitrogens is 4. The highest BCUT2D eigenvalue weighted by atomic mass is 32.1. The summed E-state index contributed by atoms with van der Waals surface area (Å²) in [6, 6.07) is 6.86. The zero-order valence-corrected chi connectivity index (χ0v) is 16.6. The topological polar surface area (TPSA) is 81.3 Å². The predicted molar refractivity (Wildman–Crippen MR) is 110 cm³/mol. The lowest BCUT2D eigenvalue weighted by atomic mass is 10.2. The molecule has 0 fully saturated rings. The van der Waals surface area contributed by atoms with Crippen LogP contribution in [-0.2, 0) is 17.8 Å². The van der Waals surface area contributed by atoms with Crippen LogP contribution >= 0.6 is 11.3 Å². The summed E-state index contributed by atoms with van der Waals surface area (Å²) >= 11 is 1.59. The Morgan fingerprint density at radius 1 is 1.29 bits per heavy atom. The normalized spacial score (nSPS) is 12.5. The molecule has 7 nitrogen and oxygen atoms in total. The lowest BCUT2D eigenvalue weighted by Crippen LogP contribution is -2.38. The number of nitrogens with zero attached hydrogens (tertiary/aromatic N) is 4. The molecule has 4 aromatic heterocycles. The van der Waals surface area contributed by atoms with E-state index in [4.69, 9.17) is 0 Å². The lowest BCUT2D eigenvalue weighted by molar-refractivity contribution is -0.124. The molecule has 0 bridgehead atoms. The van der Waals surface area contributed by atoms with Gasteiger partial charge in [-0.05, 0) is 48.6 Å². The van der Waals surface area contributed by atoms with Gasteiger partial charge in [0, 0.05) is 30.7 Å². The van der Waals surface area contributed by atoms with Crippen molar-refractivity contribution >= 4 is 33.0 Å². The first-order chi connectivity index (χ1) is 13.6. The molecule has 0 aliphatic heterocycles. The quantitative estimate of drug-likeness (QED) is 0.544. The highest BCUT2D eigenvalue weighted by Crippen LogP contribution is 2.25. The van der Waals surface area contributed by atoms with Crippen LogP contribution in [0.15, 0.2) is 46.8 Å². The number of aryl methyl sites for hydroxylation is 1. The second-order valence-corrected chi connectivity index (χ2v) is 7.61. The molecule has 1 N–H and O–H groups in total. The number of nitrogens with one attached hydrogen (secondary N) is 1. The minimum absolute atomic E-state index is 0.244. The van der Waals surface area contributed by atoms with E-state index in [1.54, 1.807) is 30.7 Å². The number of amides is 1. The van der Waals surface area contributed by atoms with E-state index in [9.17, 15) is 9.59 Å². The Hall–Kier alpha value is -3.00. The molecule has 0 spiro atoms. The zero-order chi connectivity index (χ0) is 19.7. The van der Waals surface area contributed by atoms with Crippen molar-refractivity contribution in [3.05, 3.63) is 63.8 Å². The second kappa shape index (κ2) is 7.55. The van der Waals surface area contributed by atoms with E-state index in [1.807, 2.05) is 34.0 Å². The number of rotatable bonds is 6. The van der Waals surface area contributed by atoms with E-state index in [0.29, 0.717) is 12.1 Å². The smallest absolute Gasteiger partial charge is 0.291 e. The molecule has 4 rings (SSSR count). The van der Waals surface area contributed by atoms with Gasteiger partial charge in [-0.3, -0.25) is 19.0 Å². The van der Waals surface area contributed by atoms with Crippen molar-refractivity contribution in [3.8, 4) is 0 Å². The molecule has 8 heteroatoms. The molecule has 0 aliphatic carbocycles. The molecule has 1 atom stereocenters. The summed E-state index contributed by atoms with van der Waals surface area (Å²) in [6.07, 6.45) is 4.98.